The summed E-state index contributed by atoms with van der Waals surface area (Å²) in [5.41, 5.74) is 0.562. The van der Waals surface area contributed by atoms with E-state index in [1.54, 1.807) is 18.2 Å². The number of imide groups is 1. The molecule has 0 fully saturated rings. The van der Waals surface area contributed by atoms with Gasteiger partial charge in [-0.05, 0) is 30.3 Å². The highest BCUT2D eigenvalue weighted by Crippen LogP contribution is 2.32. The van der Waals surface area contributed by atoms with Crippen LogP contribution in [-0.4, -0.2) is 42.1 Å². The first-order valence-electron chi connectivity index (χ1n) is 7.91. The molecule has 2 aromatic rings. The summed E-state index contributed by atoms with van der Waals surface area (Å²) in [5.74, 6) is -2.02. The van der Waals surface area contributed by atoms with Crippen LogP contribution in [0, 0.1) is 0 Å². The molecule has 3 amide bonds. The number of carbonyl (C=O) groups excluding carboxylic acids is 4. The number of nitrogens with zero attached hydrogens (tertiary/aromatic N) is 1. The van der Waals surface area contributed by atoms with Gasteiger partial charge in [-0.2, -0.15) is 0 Å². The Hall–Kier alpha value is -3.88. The lowest BCUT2D eigenvalue weighted by Crippen LogP contribution is -2.38. The van der Waals surface area contributed by atoms with Gasteiger partial charge in [0.2, 0.25) is 6.79 Å². The molecule has 0 saturated carbocycles. The zero-order chi connectivity index (χ0) is 19.0. The van der Waals surface area contributed by atoms with Crippen LogP contribution in [0.5, 0.6) is 11.5 Å². The van der Waals surface area contributed by atoms with Gasteiger partial charge in [-0.15, -0.1) is 0 Å². The van der Waals surface area contributed by atoms with Crippen molar-refractivity contribution in [2.45, 2.75) is 0 Å². The molecule has 0 radical (unpaired) electrons. The van der Waals surface area contributed by atoms with Crippen molar-refractivity contribution in [2.75, 3.05) is 13.3 Å². The summed E-state index contributed by atoms with van der Waals surface area (Å²) in [6.45, 7) is -0.451. The van der Waals surface area contributed by atoms with Gasteiger partial charge in [0.25, 0.3) is 17.7 Å². The lowest BCUT2D eigenvalue weighted by atomic mass is 10.1. The molecule has 9 nitrogen and oxygen atoms in total. The molecule has 0 unspecified atom stereocenters. The summed E-state index contributed by atoms with van der Waals surface area (Å²) in [5, 5.41) is 2.74. The van der Waals surface area contributed by atoms with Crippen molar-refractivity contribution in [2.24, 2.45) is 0 Å². The Morgan fingerprint density at radius 3 is 2.37 bits per heavy atom. The number of benzene rings is 2. The zero-order valence-corrected chi connectivity index (χ0v) is 13.8. The standard InChI is InChI=1S/C18H12N2O7/c21-15(27-20-17(23)11-3-1-2-4-12(11)18(20)24)8-19-16(22)10-5-6-13-14(7-10)26-9-25-13/h1-7H,8-9H2,(H,19,22). The normalized spacial score (nSPS) is 14.1. The van der Waals surface area contributed by atoms with Crippen LogP contribution in [0.2, 0.25) is 0 Å². The molecule has 136 valence electrons. The fraction of sp³-hybridized carbons (Fsp3) is 0.111. The van der Waals surface area contributed by atoms with Crippen molar-refractivity contribution in [3.63, 3.8) is 0 Å². The number of carbonyl (C=O) groups is 4. The van der Waals surface area contributed by atoms with Gasteiger partial charge in [0, 0.05) is 5.56 Å². The Morgan fingerprint density at radius 2 is 1.67 bits per heavy atom. The van der Waals surface area contributed by atoms with E-state index in [1.165, 1.54) is 24.3 Å². The smallest absolute Gasteiger partial charge is 0.352 e. The van der Waals surface area contributed by atoms with E-state index in [2.05, 4.69) is 5.32 Å². The van der Waals surface area contributed by atoms with E-state index >= 15 is 0 Å². The van der Waals surface area contributed by atoms with Crippen LogP contribution in [0.1, 0.15) is 31.1 Å². The molecule has 27 heavy (non-hydrogen) atoms. The molecule has 4 rings (SSSR count). The molecular formula is C18H12N2O7. The summed E-state index contributed by atoms with van der Waals surface area (Å²) in [6.07, 6.45) is 0. The van der Waals surface area contributed by atoms with E-state index < -0.39 is 30.2 Å². The van der Waals surface area contributed by atoms with Crippen molar-refractivity contribution in [1.82, 2.24) is 10.4 Å². The first-order valence-corrected chi connectivity index (χ1v) is 7.91. The molecule has 2 aliphatic heterocycles. The lowest BCUT2D eigenvalue weighted by molar-refractivity contribution is -0.167. The van der Waals surface area contributed by atoms with Gasteiger partial charge in [-0.25, -0.2) is 4.79 Å². The summed E-state index contributed by atoms with van der Waals surface area (Å²) in [4.78, 5) is 53.1. The van der Waals surface area contributed by atoms with E-state index in [0.29, 0.717) is 16.6 Å². The number of rotatable bonds is 4. The predicted octanol–water partition coefficient (Wildman–Crippen LogP) is 0.900. The number of ether oxygens (including phenoxy) is 2. The van der Waals surface area contributed by atoms with Gasteiger partial charge in [0.15, 0.2) is 11.5 Å². The van der Waals surface area contributed by atoms with Gasteiger partial charge in [-0.3, -0.25) is 14.4 Å². The minimum atomic E-state index is -0.960. The molecular weight excluding hydrogens is 356 g/mol. The van der Waals surface area contributed by atoms with Gasteiger partial charge >= 0.3 is 5.97 Å². The largest absolute Gasteiger partial charge is 0.454 e. The second-order valence-corrected chi connectivity index (χ2v) is 5.66. The molecule has 0 aromatic heterocycles. The molecule has 1 N–H and O–H groups in total. The highest BCUT2D eigenvalue weighted by atomic mass is 16.7. The van der Waals surface area contributed by atoms with Crippen LogP contribution in [-0.2, 0) is 9.63 Å². The molecule has 9 heteroatoms. The molecule has 0 aliphatic carbocycles. The second-order valence-electron chi connectivity index (χ2n) is 5.66. The topological polar surface area (TPSA) is 111 Å². The van der Waals surface area contributed by atoms with Gasteiger partial charge in [0.1, 0.15) is 6.54 Å². The van der Waals surface area contributed by atoms with E-state index in [0.717, 1.165) is 0 Å². The maximum Gasteiger partial charge on any atom is 0.352 e. The fourth-order valence-electron chi connectivity index (χ4n) is 2.68. The lowest BCUT2D eigenvalue weighted by Gasteiger charge is -2.13. The van der Waals surface area contributed by atoms with Crippen LogP contribution in [0.3, 0.4) is 0 Å². The second kappa shape index (κ2) is 6.45. The number of hydrogen-bond acceptors (Lipinski definition) is 7. The Balaban J connectivity index is 1.36. The molecule has 2 aromatic carbocycles. The van der Waals surface area contributed by atoms with Crippen LogP contribution in [0.25, 0.3) is 0 Å². The quantitative estimate of drug-likeness (QED) is 0.798. The van der Waals surface area contributed by atoms with E-state index in [1.807, 2.05) is 0 Å². The van der Waals surface area contributed by atoms with Crippen LogP contribution in [0.15, 0.2) is 42.5 Å². The Labute approximate surface area is 152 Å². The number of hydroxylamine groups is 2. The summed E-state index contributed by atoms with van der Waals surface area (Å²) in [7, 11) is 0. The number of amides is 3. The summed E-state index contributed by atoms with van der Waals surface area (Å²) >= 11 is 0. The average Bonchev–Trinajstić information content (AvgIpc) is 3.25. The van der Waals surface area contributed by atoms with Crippen molar-refractivity contribution in [3.8, 4) is 11.5 Å². The SMILES string of the molecule is O=C(CNC(=O)c1ccc2c(c1)OCO2)ON1C(=O)c2ccccc2C1=O. The minimum absolute atomic E-state index is 0.0764. The summed E-state index contributed by atoms with van der Waals surface area (Å²) in [6, 6.07) is 10.7. The Morgan fingerprint density at radius 1 is 1.00 bits per heavy atom. The Bertz CT molecular complexity index is 950. The van der Waals surface area contributed by atoms with Crippen molar-refractivity contribution in [3.05, 3.63) is 59.2 Å². The highest BCUT2D eigenvalue weighted by molar-refractivity contribution is 6.20. The van der Waals surface area contributed by atoms with Crippen LogP contribution in [0.4, 0.5) is 0 Å². The summed E-state index contributed by atoms with van der Waals surface area (Å²) < 4.78 is 10.3. The third-order valence-corrected chi connectivity index (χ3v) is 3.98. The predicted molar refractivity (Wildman–Crippen MR) is 87.9 cm³/mol. The first-order chi connectivity index (χ1) is 13.0. The monoisotopic (exact) mass is 368 g/mol. The first kappa shape index (κ1) is 16.6. The van der Waals surface area contributed by atoms with Crippen LogP contribution >= 0.6 is 0 Å². The van der Waals surface area contributed by atoms with Gasteiger partial charge in [0.05, 0.1) is 11.1 Å². The third-order valence-electron chi connectivity index (χ3n) is 3.98. The molecule has 2 heterocycles. The average molecular weight is 368 g/mol. The van der Waals surface area contributed by atoms with E-state index in [9.17, 15) is 19.2 Å². The van der Waals surface area contributed by atoms with Crippen molar-refractivity contribution >= 4 is 23.7 Å². The number of hydrogen-bond donors (Lipinski definition) is 1. The maximum atomic E-state index is 12.1. The van der Waals surface area contributed by atoms with Crippen molar-refractivity contribution < 1.29 is 33.5 Å². The fourth-order valence-corrected chi connectivity index (χ4v) is 2.68. The zero-order valence-electron chi connectivity index (χ0n) is 13.8. The molecule has 0 atom stereocenters. The molecule has 0 bridgehead atoms. The minimum Gasteiger partial charge on any atom is -0.454 e. The third kappa shape index (κ3) is 2.95. The molecule has 2 aliphatic rings. The van der Waals surface area contributed by atoms with Gasteiger partial charge in [-0.1, -0.05) is 17.2 Å². The molecule has 0 spiro atoms. The Kier molecular flexibility index (Phi) is 3.96. The van der Waals surface area contributed by atoms with Crippen LogP contribution < -0.4 is 14.8 Å². The number of nitrogens with one attached hydrogen (secondary N) is 1. The maximum absolute atomic E-state index is 12.1. The van der Waals surface area contributed by atoms with E-state index in [-0.39, 0.29) is 23.5 Å². The van der Waals surface area contributed by atoms with Gasteiger partial charge < -0.3 is 19.6 Å². The highest BCUT2D eigenvalue weighted by Gasteiger charge is 2.38. The molecule has 0 saturated heterocycles. The number of fused-ring (bicyclic) bond motifs is 2. The van der Waals surface area contributed by atoms with Crippen molar-refractivity contribution in [1.29, 1.82) is 0 Å². The van der Waals surface area contributed by atoms with E-state index in [4.69, 9.17) is 14.3 Å².